The van der Waals surface area contributed by atoms with Crippen molar-refractivity contribution >= 4 is 24.4 Å². The van der Waals surface area contributed by atoms with Gasteiger partial charge in [0.15, 0.2) is 0 Å². The predicted molar refractivity (Wildman–Crippen MR) is 78.7 cm³/mol. The molecular weight excluding hydrogens is 260 g/mol. The first kappa shape index (κ1) is 15.6. The van der Waals surface area contributed by atoms with E-state index in [1.165, 1.54) is 0 Å². The van der Waals surface area contributed by atoms with Crippen LogP contribution in [0.4, 0.5) is 0 Å². The summed E-state index contributed by atoms with van der Waals surface area (Å²) in [7, 11) is 0. The molecule has 4 nitrogen and oxygen atoms in total. The van der Waals surface area contributed by atoms with E-state index < -0.39 is 0 Å². The molecule has 0 aliphatic rings. The van der Waals surface area contributed by atoms with Gasteiger partial charge in [0.1, 0.15) is 0 Å². The second kappa shape index (κ2) is 7.19. The molecule has 0 saturated heterocycles. The van der Waals surface area contributed by atoms with Crippen LogP contribution in [-0.2, 0) is 4.79 Å². The molecule has 0 fully saturated rings. The van der Waals surface area contributed by atoms with E-state index in [-0.39, 0.29) is 24.3 Å². The average Bonchev–Trinajstić information content (AvgIpc) is 2.31. The quantitative estimate of drug-likeness (QED) is 0.722. The summed E-state index contributed by atoms with van der Waals surface area (Å²) in [6, 6.07) is 5.53. The molecule has 1 rings (SSSR count). The van der Waals surface area contributed by atoms with Crippen molar-refractivity contribution in [3.8, 4) is 0 Å². The zero-order chi connectivity index (χ0) is 14.4. The van der Waals surface area contributed by atoms with Crippen LogP contribution in [0.3, 0.4) is 0 Å². The van der Waals surface area contributed by atoms with E-state index in [1.807, 2.05) is 32.9 Å². The molecule has 0 aromatic heterocycles. The van der Waals surface area contributed by atoms with Gasteiger partial charge in [0.2, 0.25) is 5.91 Å². The lowest BCUT2D eigenvalue weighted by molar-refractivity contribution is -0.121. The molecule has 0 aliphatic heterocycles. The van der Waals surface area contributed by atoms with Crippen LogP contribution in [0.1, 0.15) is 36.2 Å². The van der Waals surface area contributed by atoms with Gasteiger partial charge in [0.05, 0.1) is 0 Å². The maximum atomic E-state index is 11.9. The van der Waals surface area contributed by atoms with Crippen LogP contribution in [0.15, 0.2) is 23.1 Å². The first-order valence-corrected chi connectivity index (χ1v) is 6.72. The van der Waals surface area contributed by atoms with Gasteiger partial charge in [-0.3, -0.25) is 9.59 Å². The summed E-state index contributed by atoms with van der Waals surface area (Å²) < 4.78 is 0. The Hall–Kier alpha value is -1.49. The summed E-state index contributed by atoms with van der Waals surface area (Å²) >= 11 is 4.21. The molecule has 0 atom stereocenters. The number of aryl methyl sites for hydroxylation is 1. The Labute approximate surface area is 119 Å². The van der Waals surface area contributed by atoms with Gasteiger partial charge < -0.3 is 10.6 Å². The van der Waals surface area contributed by atoms with Gasteiger partial charge in [-0.15, -0.1) is 12.6 Å². The summed E-state index contributed by atoms with van der Waals surface area (Å²) in [5.74, 6) is -0.235. The van der Waals surface area contributed by atoms with Crippen molar-refractivity contribution in [3.05, 3.63) is 29.3 Å². The van der Waals surface area contributed by atoms with Gasteiger partial charge >= 0.3 is 0 Å². The predicted octanol–water partition coefficient (Wildman–Crippen LogP) is 1.93. The number of thiol groups is 1. The van der Waals surface area contributed by atoms with Crippen LogP contribution >= 0.6 is 12.6 Å². The molecule has 0 radical (unpaired) electrons. The highest BCUT2D eigenvalue weighted by Gasteiger charge is 2.10. The molecule has 0 heterocycles. The molecule has 0 spiro atoms. The number of rotatable bonds is 5. The van der Waals surface area contributed by atoms with Gasteiger partial charge in [0.25, 0.3) is 5.91 Å². The number of hydrogen-bond acceptors (Lipinski definition) is 3. The highest BCUT2D eigenvalue weighted by molar-refractivity contribution is 7.80. The maximum absolute atomic E-state index is 11.9. The highest BCUT2D eigenvalue weighted by atomic mass is 32.1. The maximum Gasteiger partial charge on any atom is 0.251 e. The molecule has 0 saturated carbocycles. The Morgan fingerprint density at radius 3 is 2.63 bits per heavy atom. The van der Waals surface area contributed by atoms with E-state index in [0.29, 0.717) is 12.1 Å². The topological polar surface area (TPSA) is 58.2 Å². The minimum atomic E-state index is -0.175. The lowest BCUT2D eigenvalue weighted by Gasteiger charge is -2.10. The Morgan fingerprint density at radius 1 is 1.32 bits per heavy atom. The molecule has 104 valence electrons. The van der Waals surface area contributed by atoms with Crippen molar-refractivity contribution in [2.75, 3.05) is 6.54 Å². The molecule has 2 amide bonds. The van der Waals surface area contributed by atoms with Gasteiger partial charge in [0, 0.05) is 29.5 Å². The summed E-state index contributed by atoms with van der Waals surface area (Å²) in [5, 5.41) is 5.51. The lowest BCUT2D eigenvalue weighted by Crippen LogP contribution is -2.34. The van der Waals surface area contributed by atoms with Crippen LogP contribution in [0.25, 0.3) is 0 Å². The number of carbonyl (C=O) groups is 2. The van der Waals surface area contributed by atoms with Crippen LogP contribution in [-0.4, -0.2) is 24.4 Å². The molecule has 2 N–H and O–H groups in total. The largest absolute Gasteiger partial charge is 0.354 e. The Bertz CT molecular complexity index is 473. The first-order valence-electron chi connectivity index (χ1n) is 6.27. The molecule has 0 aliphatic carbocycles. The molecule has 1 aromatic carbocycles. The van der Waals surface area contributed by atoms with E-state index in [1.54, 1.807) is 6.07 Å². The number of amides is 2. The SMILES string of the molecule is Cc1ccc(S)cc1C(=O)NCCC(=O)NC(C)C. The fraction of sp³-hybridized carbons (Fsp3) is 0.429. The highest BCUT2D eigenvalue weighted by Crippen LogP contribution is 2.13. The molecule has 0 bridgehead atoms. The van der Waals surface area contributed by atoms with E-state index in [2.05, 4.69) is 23.3 Å². The zero-order valence-electron chi connectivity index (χ0n) is 11.5. The zero-order valence-corrected chi connectivity index (χ0v) is 12.4. The molecule has 0 unspecified atom stereocenters. The third-order valence-electron chi connectivity index (χ3n) is 2.55. The summed E-state index contributed by atoms with van der Waals surface area (Å²) in [4.78, 5) is 24.1. The van der Waals surface area contributed by atoms with Crippen molar-refractivity contribution in [2.24, 2.45) is 0 Å². The van der Waals surface area contributed by atoms with Gasteiger partial charge in [-0.25, -0.2) is 0 Å². The third kappa shape index (κ3) is 5.34. The number of hydrogen-bond donors (Lipinski definition) is 3. The number of benzene rings is 1. The van der Waals surface area contributed by atoms with Crippen molar-refractivity contribution in [1.29, 1.82) is 0 Å². The second-order valence-corrected chi connectivity index (χ2v) is 5.24. The Morgan fingerprint density at radius 2 is 2.00 bits per heavy atom. The van der Waals surface area contributed by atoms with Crippen LogP contribution in [0, 0.1) is 6.92 Å². The standard InChI is InChI=1S/C14H20N2O2S/c1-9(2)16-13(17)6-7-15-14(18)12-8-11(19)5-4-10(12)3/h4-5,8-9,19H,6-7H2,1-3H3,(H,15,18)(H,16,17). The lowest BCUT2D eigenvalue weighted by atomic mass is 10.1. The van der Waals surface area contributed by atoms with Crippen LogP contribution in [0.5, 0.6) is 0 Å². The fourth-order valence-electron chi connectivity index (χ4n) is 1.63. The van der Waals surface area contributed by atoms with Crippen molar-refractivity contribution in [2.45, 2.75) is 38.1 Å². The van der Waals surface area contributed by atoms with Crippen LogP contribution in [0.2, 0.25) is 0 Å². The normalized spacial score (nSPS) is 10.4. The summed E-state index contributed by atoms with van der Waals surface area (Å²) in [6.07, 6.45) is 0.281. The number of nitrogens with one attached hydrogen (secondary N) is 2. The van der Waals surface area contributed by atoms with E-state index in [0.717, 1.165) is 10.5 Å². The molecular formula is C14H20N2O2S. The fourth-order valence-corrected chi connectivity index (χ4v) is 1.84. The van der Waals surface area contributed by atoms with Gasteiger partial charge in [-0.2, -0.15) is 0 Å². The van der Waals surface area contributed by atoms with E-state index >= 15 is 0 Å². The van der Waals surface area contributed by atoms with Crippen molar-refractivity contribution < 1.29 is 9.59 Å². The minimum Gasteiger partial charge on any atom is -0.354 e. The van der Waals surface area contributed by atoms with E-state index in [4.69, 9.17) is 0 Å². The molecule has 5 heteroatoms. The van der Waals surface area contributed by atoms with Crippen molar-refractivity contribution in [3.63, 3.8) is 0 Å². The van der Waals surface area contributed by atoms with Crippen LogP contribution < -0.4 is 10.6 Å². The summed E-state index contributed by atoms with van der Waals surface area (Å²) in [6.45, 7) is 6.00. The average molecular weight is 280 g/mol. The number of carbonyl (C=O) groups excluding carboxylic acids is 2. The van der Waals surface area contributed by atoms with Crippen molar-refractivity contribution in [1.82, 2.24) is 10.6 Å². The summed E-state index contributed by atoms with van der Waals surface area (Å²) in [5.41, 5.74) is 1.48. The second-order valence-electron chi connectivity index (χ2n) is 4.73. The molecule has 19 heavy (non-hydrogen) atoms. The minimum absolute atomic E-state index is 0.0602. The third-order valence-corrected chi connectivity index (χ3v) is 2.83. The van der Waals surface area contributed by atoms with Gasteiger partial charge in [-0.1, -0.05) is 6.07 Å². The van der Waals surface area contributed by atoms with Gasteiger partial charge in [-0.05, 0) is 38.5 Å². The molecule has 1 aromatic rings. The Kier molecular flexibility index (Phi) is 5.89. The smallest absolute Gasteiger partial charge is 0.251 e. The van der Waals surface area contributed by atoms with E-state index in [9.17, 15) is 9.59 Å². The first-order chi connectivity index (χ1) is 8.90. The Balaban J connectivity index is 2.48. The monoisotopic (exact) mass is 280 g/mol.